The number of fused-ring (bicyclic) bond motifs is 2. The number of halogens is 5. The summed E-state index contributed by atoms with van der Waals surface area (Å²) < 4.78 is 83.3. The van der Waals surface area contributed by atoms with E-state index in [0.29, 0.717) is 5.56 Å². The Morgan fingerprint density at radius 1 is 0.641 bits per heavy atom. The van der Waals surface area contributed by atoms with Gasteiger partial charge in [-0.1, -0.05) is 42.0 Å². The van der Waals surface area contributed by atoms with Crippen LogP contribution in [0.5, 0.6) is 0 Å². The summed E-state index contributed by atoms with van der Waals surface area (Å²) in [5.74, 6) is -4.16. The van der Waals surface area contributed by atoms with Crippen LogP contribution in [0.4, 0.5) is 22.0 Å². The first kappa shape index (κ1) is 24.8. The summed E-state index contributed by atoms with van der Waals surface area (Å²) in [6, 6.07) is 18.9. The van der Waals surface area contributed by atoms with E-state index in [1.165, 1.54) is 6.92 Å². The van der Waals surface area contributed by atoms with Gasteiger partial charge in [-0.25, -0.2) is 18.7 Å². The van der Waals surface area contributed by atoms with Crippen molar-refractivity contribution in [2.24, 2.45) is 0 Å². The molecule has 2 heterocycles. The molecule has 39 heavy (non-hydrogen) atoms. The Labute approximate surface area is 218 Å². The Morgan fingerprint density at radius 2 is 1.13 bits per heavy atom. The second-order valence-corrected chi connectivity index (χ2v) is 9.37. The van der Waals surface area contributed by atoms with Gasteiger partial charge in [-0.2, -0.15) is 13.2 Å². The van der Waals surface area contributed by atoms with E-state index in [1.807, 2.05) is 43.3 Å². The second kappa shape index (κ2) is 9.04. The molecular formula is C30H19F5N2O2. The van der Waals surface area contributed by atoms with Gasteiger partial charge < -0.3 is 8.83 Å². The van der Waals surface area contributed by atoms with E-state index in [2.05, 4.69) is 9.97 Å². The summed E-state index contributed by atoms with van der Waals surface area (Å²) in [5, 5.41) is 0. The van der Waals surface area contributed by atoms with E-state index in [4.69, 9.17) is 8.83 Å². The number of alkyl halides is 3. The summed E-state index contributed by atoms with van der Waals surface area (Å²) in [5.41, 5.74) is 2.08. The minimum atomic E-state index is -4.86. The van der Waals surface area contributed by atoms with Crippen molar-refractivity contribution in [1.29, 1.82) is 0 Å². The van der Waals surface area contributed by atoms with Crippen LogP contribution >= 0.6 is 0 Å². The average molecular weight is 534 g/mol. The number of benzene rings is 4. The first-order valence-corrected chi connectivity index (χ1v) is 12.0. The maximum atomic E-state index is 15.1. The van der Waals surface area contributed by atoms with Gasteiger partial charge in [0.15, 0.2) is 28.7 Å². The summed E-state index contributed by atoms with van der Waals surface area (Å²) in [7, 11) is 0. The van der Waals surface area contributed by atoms with Crippen LogP contribution in [-0.2, 0) is 0 Å². The third kappa shape index (κ3) is 4.54. The topological polar surface area (TPSA) is 52.1 Å². The molecule has 0 saturated heterocycles. The molecule has 0 aliphatic carbocycles. The van der Waals surface area contributed by atoms with E-state index in [9.17, 15) is 17.6 Å². The molecule has 6 aromatic rings. The molecule has 0 spiro atoms. The standard InChI is InChI=1S/C30H19F5N2O2/c1-15-3-5-17(6-4-15)18-7-9-19(10-8-18)29-37-25-14-21(12-23(32)28(25)39-29)26(30(33,34)35)20-11-22(31)27-24(13-20)36-16(2)38-27/h3-14,26H,1-2H3. The molecule has 1 unspecified atom stereocenters. The van der Waals surface area contributed by atoms with E-state index < -0.39 is 34.9 Å². The lowest BCUT2D eigenvalue weighted by atomic mass is 9.90. The second-order valence-electron chi connectivity index (χ2n) is 9.37. The van der Waals surface area contributed by atoms with E-state index in [0.717, 1.165) is 41.0 Å². The Kier molecular flexibility index (Phi) is 5.75. The molecule has 9 heteroatoms. The van der Waals surface area contributed by atoms with Crippen LogP contribution in [0.2, 0.25) is 0 Å². The lowest BCUT2D eigenvalue weighted by Crippen LogP contribution is -2.22. The van der Waals surface area contributed by atoms with Crippen LogP contribution in [0, 0.1) is 25.5 Å². The van der Waals surface area contributed by atoms with Gasteiger partial charge in [-0.3, -0.25) is 0 Å². The van der Waals surface area contributed by atoms with Gasteiger partial charge in [-0.15, -0.1) is 0 Å². The van der Waals surface area contributed by atoms with Crippen LogP contribution in [0.1, 0.15) is 28.5 Å². The zero-order valence-corrected chi connectivity index (χ0v) is 20.6. The smallest absolute Gasteiger partial charge is 0.399 e. The minimum Gasteiger partial charge on any atom is -0.438 e. The van der Waals surface area contributed by atoms with Gasteiger partial charge in [0.25, 0.3) is 0 Å². The monoisotopic (exact) mass is 534 g/mol. The predicted molar refractivity (Wildman–Crippen MR) is 136 cm³/mol. The van der Waals surface area contributed by atoms with Gasteiger partial charge >= 0.3 is 6.18 Å². The number of hydrogen-bond donors (Lipinski definition) is 0. The number of rotatable bonds is 4. The van der Waals surface area contributed by atoms with Crippen molar-refractivity contribution in [3.8, 4) is 22.6 Å². The number of nitrogens with zero attached hydrogens (tertiary/aromatic N) is 2. The highest BCUT2D eigenvalue weighted by Crippen LogP contribution is 2.43. The average Bonchev–Trinajstić information content (AvgIpc) is 3.48. The van der Waals surface area contributed by atoms with Crippen LogP contribution in [0.3, 0.4) is 0 Å². The molecule has 0 aliphatic heterocycles. The molecule has 4 nitrogen and oxygen atoms in total. The molecule has 0 fully saturated rings. The molecule has 2 aromatic heterocycles. The highest BCUT2D eigenvalue weighted by molar-refractivity contribution is 5.79. The maximum absolute atomic E-state index is 15.1. The summed E-state index contributed by atoms with van der Waals surface area (Å²) in [4.78, 5) is 8.22. The molecule has 0 radical (unpaired) electrons. The van der Waals surface area contributed by atoms with Crippen molar-refractivity contribution in [1.82, 2.24) is 9.97 Å². The fourth-order valence-corrected chi connectivity index (χ4v) is 4.71. The van der Waals surface area contributed by atoms with Crippen LogP contribution < -0.4 is 0 Å². The van der Waals surface area contributed by atoms with Crippen molar-refractivity contribution in [2.75, 3.05) is 0 Å². The zero-order valence-electron chi connectivity index (χ0n) is 20.6. The molecule has 0 aliphatic rings. The van der Waals surface area contributed by atoms with Gasteiger partial charge in [0.05, 0.1) is 0 Å². The summed E-state index contributed by atoms with van der Waals surface area (Å²) >= 11 is 0. The largest absolute Gasteiger partial charge is 0.438 e. The Morgan fingerprint density at radius 3 is 1.69 bits per heavy atom. The van der Waals surface area contributed by atoms with E-state index in [-0.39, 0.29) is 34.0 Å². The van der Waals surface area contributed by atoms with Crippen molar-refractivity contribution in [3.63, 3.8) is 0 Å². The first-order valence-electron chi connectivity index (χ1n) is 12.0. The molecule has 0 bridgehead atoms. The zero-order chi connectivity index (χ0) is 27.5. The molecule has 4 aromatic carbocycles. The Hall–Kier alpha value is -4.53. The summed E-state index contributed by atoms with van der Waals surface area (Å²) in [6.07, 6.45) is -4.86. The minimum absolute atomic E-state index is 0.0592. The fourth-order valence-electron chi connectivity index (χ4n) is 4.71. The fraction of sp³-hybridized carbons (Fsp3) is 0.133. The Bertz CT molecular complexity index is 1840. The number of aromatic nitrogens is 2. The van der Waals surface area contributed by atoms with E-state index in [1.54, 1.807) is 12.1 Å². The maximum Gasteiger partial charge on any atom is 0.399 e. The predicted octanol–water partition coefficient (Wildman–Crippen LogP) is 8.89. The van der Waals surface area contributed by atoms with Crippen molar-refractivity contribution in [2.45, 2.75) is 25.9 Å². The first-order chi connectivity index (χ1) is 18.6. The molecule has 0 saturated carbocycles. The highest BCUT2D eigenvalue weighted by atomic mass is 19.4. The van der Waals surface area contributed by atoms with Crippen molar-refractivity contribution < 1.29 is 30.8 Å². The van der Waals surface area contributed by atoms with Gasteiger partial charge in [0.2, 0.25) is 5.89 Å². The van der Waals surface area contributed by atoms with Gasteiger partial charge in [0.1, 0.15) is 17.0 Å². The molecule has 196 valence electrons. The molecule has 6 rings (SSSR count). The number of hydrogen-bond acceptors (Lipinski definition) is 4. The van der Waals surface area contributed by atoms with E-state index >= 15 is 4.39 Å². The lowest BCUT2D eigenvalue weighted by molar-refractivity contribution is -0.141. The highest BCUT2D eigenvalue weighted by Gasteiger charge is 2.43. The summed E-state index contributed by atoms with van der Waals surface area (Å²) in [6.45, 7) is 3.46. The van der Waals surface area contributed by atoms with Gasteiger partial charge in [0, 0.05) is 12.5 Å². The quantitative estimate of drug-likeness (QED) is 0.212. The van der Waals surface area contributed by atoms with Crippen LogP contribution in [-0.4, -0.2) is 16.1 Å². The molecular weight excluding hydrogens is 515 g/mol. The Balaban J connectivity index is 1.40. The third-order valence-corrected chi connectivity index (χ3v) is 6.55. The van der Waals surface area contributed by atoms with Crippen molar-refractivity contribution in [3.05, 3.63) is 107 Å². The molecule has 0 amide bonds. The van der Waals surface area contributed by atoms with Crippen molar-refractivity contribution >= 4 is 22.2 Å². The lowest BCUT2D eigenvalue weighted by Gasteiger charge is -2.21. The number of aryl methyl sites for hydroxylation is 2. The number of oxazole rings is 2. The van der Waals surface area contributed by atoms with Gasteiger partial charge in [-0.05, 0) is 65.6 Å². The SMILES string of the molecule is Cc1ccc(-c2ccc(-c3nc4cc(C(c5cc(F)c6oc(C)nc6c5)C(F)(F)F)cc(F)c4o3)cc2)cc1. The van der Waals surface area contributed by atoms with Crippen LogP contribution in [0.15, 0.2) is 81.6 Å². The molecule has 1 atom stereocenters. The molecule has 0 N–H and O–H groups in total. The normalized spacial score (nSPS) is 12.9. The third-order valence-electron chi connectivity index (χ3n) is 6.55. The van der Waals surface area contributed by atoms with Crippen LogP contribution in [0.25, 0.3) is 44.8 Å².